The predicted molar refractivity (Wildman–Crippen MR) is 121 cm³/mol. The molecule has 0 aromatic heterocycles. The molecule has 1 N–H and O–H groups in total. The SMILES string of the molecule is CC(C)(C)OC(=O)c1ccc(-c2ccccc2)cc1NC(=O)c1c(Cl)cccc1Cl. The van der Waals surface area contributed by atoms with Crippen LogP contribution in [0, 0.1) is 0 Å². The third kappa shape index (κ3) is 5.21. The number of halogens is 2. The van der Waals surface area contributed by atoms with Gasteiger partial charge in [0.25, 0.3) is 5.91 Å². The minimum atomic E-state index is -0.678. The molecular weight excluding hydrogens is 421 g/mol. The van der Waals surface area contributed by atoms with Crippen LogP contribution in [0.4, 0.5) is 5.69 Å². The number of nitrogens with one attached hydrogen (secondary N) is 1. The van der Waals surface area contributed by atoms with Crippen LogP contribution in [-0.4, -0.2) is 17.5 Å². The van der Waals surface area contributed by atoms with E-state index in [4.69, 9.17) is 27.9 Å². The van der Waals surface area contributed by atoms with Crippen molar-refractivity contribution in [1.82, 2.24) is 0 Å². The lowest BCUT2D eigenvalue weighted by atomic mass is 10.0. The molecule has 3 aromatic rings. The quantitative estimate of drug-likeness (QED) is 0.449. The van der Waals surface area contributed by atoms with E-state index >= 15 is 0 Å². The van der Waals surface area contributed by atoms with Crippen LogP contribution >= 0.6 is 23.2 Å². The molecule has 0 unspecified atom stereocenters. The molecule has 6 heteroatoms. The predicted octanol–water partition coefficient (Wildman–Crippen LogP) is 6.87. The largest absolute Gasteiger partial charge is 0.456 e. The molecule has 0 aliphatic heterocycles. The van der Waals surface area contributed by atoms with Crippen LogP contribution in [0.1, 0.15) is 41.5 Å². The number of ether oxygens (including phenoxy) is 1. The highest BCUT2D eigenvalue weighted by Gasteiger charge is 2.23. The zero-order valence-corrected chi connectivity index (χ0v) is 18.3. The van der Waals surface area contributed by atoms with Crippen LogP contribution in [0.25, 0.3) is 11.1 Å². The van der Waals surface area contributed by atoms with Crippen LogP contribution < -0.4 is 5.32 Å². The normalized spacial score (nSPS) is 11.1. The van der Waals surface area contributed by atoms with E-state index in [1.807, 2.05) is 36.4 Å². The van der Waals surface area contributed by atoms with E-state index in [9.17, 15) is 9.59 Å². The van der Waals surface area contributed by atoms with Crippen molar-refractivity contribution in [2.24, 2.45) is 0 Å². The highest BCUT2D eigenvalue weighted by Crippen LogP contribution is 2.30. The van der Waals surface area contributed by atoms with Gasteiger partial charge in [-0.05, 0) is 56.2 Å². The highest BCUT2D eigenvalue weighted by atomic mass is 35.5. The van der Waals surface area contributed by atoms with Gasteiger partial charge in [-0.25, -0.2) is 4.79 Å². The molecule has 0 spiro atoms. The molecule has 3 aromatic carbocycles. The van der Waals surface area contributed by atoms with Crippen molar-refractivity contribution in [3.63, 3.8) is 0 Å². The molecule has 0 saturated heterocycles. The lowest BCUT2D eigenvalue weighted by molar-refractivity contribution is 0.00708. The smallest absolute Gasteiger partial charge is 0.340 e. The Morgan fingerprint density at radius 1 is 0.833 bits per heavy atom. The van der Waals surface area contributed by atoms with Gasteiger partial charge in [0.05, 0.1) is 26.9 Å². The number of hydrogen-bond acceptors (Lipinski definition) is 3. The minimum absolute atomic E-state index is 0.140. The second kappa shape index (κ2) is 8.90. The summed E-state index contributed by atoms with van der Waals surface area (Å²) in [5, 5.41) is 3.22. The van der Waals surface area contributed by atoms with E-state index in [1.165, 1.54) is 0 Å². The molecule has 1 amide bonds. The van der Waals surface area contributed by atoms with Crippen molar-refractivity contribution in [3.05, 3.63) is 87.9 Å². The third-order valence-corrected chi connectivity index (χ3v) is 4.81. The first-order chi connectivity index (χ1) is 14.2. The fourth-order valence-corrected chi connectivity index (χ4v) is 3.44. The molecule has 0 radical (unpaired) electrons. The van der Waals surface area contributed by atoms with Gasteiger partial charge in [-0.3, -0.25) is 4.79 Å². The van der Waals surface area contributed by atoms with Crippen molar-refractivity contribution in [2.45, 2.75) is 26.4 Å². The van der Waals surface area contributed by atoms with E-state index in [0.717, 1.165) is 11.1 Å². The summed E-state index contributed by atoms with van der Waals surface area (Å²) < 4.78 is 5.50. The monoisotopic (exact) mass is 441 g/mol. The summed E-state index contributed by atoms with van der Waals surface area (Å²) in [4.78, 5) is 25.7. The van der Waals surface area contributed by atoms with Gasteiger partial charge in [-0.2, -0.15) is 0 Å². The van der Waals surface area contributed by atoms with E-state index in [0.29, 0.717) is 5.69 Å². The Hall–Kier alpha value is -2.82. The van der Waals surface area contributed by atoms with E-state index in [1.54, 1.807) is 51.1 Å². The molecule has 0 atom stereocenters. The summed E-state index contributed by atoms with van der Waals surface area (Å²) in [5.41, 5.74) is 1.79. The van der Waals surface area contributed by atoms with Gasteiger partial charge in [0, 0.05) is 0 Å². The fourth-order valence-electron chi connectivity index (χ4n) is 2.87. The topological polar surface area (TPSA) is 55.4 Å². The Balaban J connectivity index is 2.04. The lowest BCUT2D eigenvalue weighted by Gasteiger charge is -2.21. The Morgan fingerprint density at radius 2 is 1.47 bits per heavy atom. The van der Waals surface area contributed by atoms with E-state index in [-0.39, 0.29) is 21.2 Å². The second-order valence-electron chi connectivity index (χ2n) is 7.68. The molecule has 0 aliphatic carbocycles. The number of anilines is 1. The Bertz CT molecular complexity index is 1070. The number of rotatable bonds is 4. The molecule has 4 nitrogen and oxygen atoms in total. The molecule has 0 fully saturated rings. The third-order valence-electron chi connectivity index (χ3n) is 4.18. The zero-order chi connectivity index (χ0) is 21.9. The first-order valence-electron chi connectivity index (χ1n) is 9.34. The maximum Gasteiger partial charge on any atom is 0.340 e. The molecular formula is C24H21Cl2NO3. The van der Waals surface area contributed by atoms with Gasteiger partial charge in [-0.15, -0.1) is 0 Å². The standard InChI is InChI=1S/C24H21Cl2NO3/c1-24(2,3)30-23(29)17-13-12-16(15-8-5-4-6-9-15)14-20(17)27-22(28)21-18(25)10-7-11-19(21)26/h4-14H,1-3H3,(H,27,28). The van der Waals surface area contributed by atoms with Gasteiger partial charge < -0.3 is 10.1 Å². The minimum Gasteiger partial charge on any atom is -0.456 e. The van der Waals surface area contributed by atoms with Gasteiger partial charge >= 0.3 is 5.97 Å². The summed E-state index contributed by atoms with van der Waals surface area (Å²) in [6.45, 7) is 5.35. The number of carbonyl (C=O) groups is 2. The molecule has 3 rings (SSSR count). The Labute approximate surface area is 185 Å². The average Bonchev–Trinajstić information content (AvgIpc) is 2.67. The van der Waals surface area contributed by atoms with E-state index in [2.05, 4.69) is 5.32 Å². The van der Waals surface area contributed by atoms with Crippen LogP contribution in [0.2, 0.25) is 10.0 Å². The number of amides is 1. The Kier molecular flexibility index (Phi) is 6.49. The first-order valence-corrected chi connectivity index (χ1v) is 10.1. The maximum absolute atomic E-state index is 12.9. The molecule has 0 aliphatic rings. The molecule has 154 valence electrons. The van der Waals surface area contributed by atoms with Crippen molar-refractivity contribution in [3.8, 4) is 11.1 Å². The Morgan fingerprint density at radius 3 is 2.07 bits per heavy atom. The number of hydrogen-bond donors (Lipinski definition) is 1. The zero-order valence-electron chi connectivity index (χ0n) is 16.8. The first kappa shape index (κ1) is 21.9. The van der Waals surface area contributed by atoms with Crippen molar-refractivity contribution < 1.29 is 14.3 Å². The molecule has 0 saturated carbocycles. The van der Waals surface area contributed by atoms with Crippen molar-refractivity contribution in [2.75, 3.05) is 5.32 Å². The van der Waals surface area contributed by atoms with Crippen LogP contribution in [0.3, 0.4) is 0 Å². The highest BCUT2D eigenvalue weighted by molar-refractivity contribution is 6.40. The van der Waals surface area contributed by atoms with Crippen LogP contribution in [-0.2, 0) is 4.74 Å². The fraction of sp³-hybridized carbons (Fsp3) is 0.167. The van der Waals surface area contributed by atoms with Crippen molar-refractivity contribution in [1.29, 1.82) is 0 Å². The van der Waals surface area contributed by atoms with Crippen LogP contribution in [0.5, 0.6) is 0 Å². The number of benzene rings is 3. The van der Waals surface area contributed by atoms with Gasteiger partial charge in [0.15, 0.2) is 0 Å². The average molecular weight is 442 g/mol. The van der Waals surface area contributed by atoms with E-state index < -0.39 is 17.5 Å². The van der Waals surface area contributed by atoms with Gasteiger partial charge in [0.2, 0.25) is 0 Å². The number of carbonyl (C=O) groups excluding carboxylic acids is 2. The lowest BCUT2D eigenvalue weighted by Crippen LogP contribution is -2.25. The maximum atomic E-state index is 12.9. The summed E-state index contributed by atoms with van der Waals surface area (Å²) in [6, 6.07) is 19.6. The van der Waals surface area contributed by atoms with Gasteiger partial charge in [-0.1, -0.05) is 65.7 Å². The van der Waals surface area contributed by atoms with Crippen molar-refractivity contribution >= 4 is 40.8 Å². The summed E-state index contributed by atoms with van der Waals surface area (Å²) in [7, 11) is 0. The molecule has 0 heterocycles. The molecule has 30 heavy (non-hydrogen) atoms. The second-order valence-corrected chi connectivity index (χ2v) is 8.49. The van der Waals surface area contributed by atoms with Gasteiger partial charge in [0.1, 0.15) is 5.60 Å². The number of esters is 1. The summed E-state index contributed by atoms with van der Waals surface area (Å²) >= 11 is 12.3. The molecule has 0 bridgehead atoms. The van der Waals surface area contributed by atoms with Crippen LogP contribution in [0.15, 0.2) is 66.7 Å². The summed E-state index contributed by atoms with van der Waals surface area (Å²) in [5.74, 6) is -1.05. The summed E-state index contributed by atoms with van der Waals surface area (Å²) in [6.07, 6.45) is 0.